The maximum atomic E-state index is 6.02. The fourth-order valence-corrected chi connectivity index (χ4v) is 2.67. The van der Waals surface area contributed by atoms with Gasteiger partial charge < -0.3 is 9.72 Å². The standard InChI is InChI=1S/C20H19NO/c1-4-15-10-6-9-13-19(15)22-14(3)20-16(5-2)17-11-7-8-12-18(17)21-20/h5-13,21H,2-4H2,1H3. The molecular weight excluding hydrogens is 270 g/mol. The van der Waals surface area contributed by atoms with E-state index in [-0.39, 0.29) is 0 Å². The topological polar surface area (TPSA) is 25.0 Å². The summed E-state index contributed by atoms with van der Waals surface area (Å²) in [6.07, 6.45) is 2.76. The molecule has 2 aromatic carbocycles. The third-order valence-corrected chi connectivity index (χ3v) is 3.82. The Morgan fingerprint density at radius 2 is 1.86 bits per heavy atom. The van der Waals surface area contributed by atoms with E-state index in [1.807, 2.05) is 42.5 Å². The molecule has 0 fully saturated rings. The summed E-state index contributed by atoms with van der Waals surface area (Å²) in [5.74, 6) is 1.45. The number of H-pyrrole nitrogens is 1. The third-order valence-electron chi connectivity index (χ3n) is 3.82. The van der Waals surface area contributed by atoms with Gasteiger partial charge in [-0.2, -0.15) is 0 Å². The van der Waals surface area contributed by atoms with Gasteiger partial charge in [-0.15, -0.1) is 0 Å². The summed E-state index contributed by atoms with van der Waals surface area (Å²) in [5, 5.41) is 1.13. The van der Waals surface area contributed by atoms with Crippen molar-refractivity contribution in [2.75, 3.05) is 0 Å². The Morgan fingerprint density at radius 1 is 1.14 bits per heavy atom. The van der Waals surface area contributed by atoms with Crippen LogP contribution >= 0.6 is 0 Å². The second-order valence-electron chi connectivity index (χ2n) is 5.15. The second-order valence-corrected chi connectivity index (χ2v) is 5.15. The van der Waals surface area contributed by atoms with Gasteiger partial charge in [-0.05, 0) is 24.1 Å². The quantitative estimate of drug-likeness (QED) is 0.623. The molecule has 0 saturated carbocycles. The average molecular weight is 289 g/mol. The molecule has 0 amide bonds. The second kappa shape index (κ2) is 5.94. The Kier molecular flexibility index (Phi) is 3.84. The zero-order valence-electron chi connectivity index (χ0n) is 12.7. The van der Waals surface area contributed by atoms with E-state index in [1.165, 1.54) is 5.56 Å². The number of ether oxygens (including phenoxy) is 1. The third kappa shape index (κ3) is 2.44. The van der Waals surface area contributed by atoms with Gasteiger partial charge in [0.25, 0.3) is 0 Å². The molecular formula is C20H19NO. The van der Waals surface area contributed by atoms with Crippen LogP contribution in [0, 0.1) is 0 Å². The monoisotopic (exact) mass is 289 g/mol. The molecule has 0 aliphatic carbocycles. The summed E-state index contributed by atoms with van der Waals surface area (Å²) >= 11 is 0. The van der Waals surface area contributed by atoms with Crippen molar-refractivity contribution in [1.29, 1.82) is 0 Å². The van der Waals surface area contributed by atoms with Crippen LogP contribution in [0.4, 0.5) is 0 Å². The van der Waals surface area contributed by atoms with Crippen LogP contribution in [-0.2, 0) is 6.42 Å². The first-order valence-electron chi connectivity index (χ1n) is 7.42. The van der Waals surface area contributed by atoms with Crippen molar-refractivity contribution in [3.8, 4) is 5.75 Å². The average Bonchev–Trinajstić information content (AvgIpc) is 2.94. The van der Waals surface area contributed by atoms with Gasteiger partial charge in [-0.1, -0.05) is 62.6 Å². The fourth-order valence-electron chi connectivity index (χ4n) is 2.67. The van der Waals surface area contributed by atoms with Crippen molar-refractivity contribution in [3.63, 3.8) is 0 Å². The minimum atomic E-state index is 0.604. The van der Waals surface area contributed by atoms with Crippen molar-refractivity contribution < 1.29 is 4.74 Å². The lowest BCUT2D eigenvalue weighted by Crippen LogP contribution is -1.98. The molecule has 0 atom stereocenters. The highest BCUT2D eigenvalue weighted by Gasteiger charge is 2.13. The van der Waals surface area contributed by atoms with Crippen LogP contribution < -0.4 is 4.74 Å². The van der Waals surface area contributed by atoms with Gasteiger partial charge in [0, 0.05) is 16.5 Å². The SMILES string of the molecule is C=Cc1c(C(=C)Oc2ccccc2CC)[nH]c2ccccc12. The predicted molar refractivity (Wildman–Crippen MR) is 93.9 cm³/mol. The number of aromatic nitrogens is 1. The molecule has 0 unspecified atom stereocenters. The van der Waals surface area contributed by atoms with Gasteiger partial charge in [-0.25, -0.2) is 0 Å². The molecule has 0 radical (unpaired) electrons. The normalized spacial score (nSPS) is 10.6. The van der Waals surface area contributed by atoms with Crippen LogP contribution in [0.1, 0.15) is 23.7 Å². The highest BCUT2D eigenvalue weighted by molar-refractivity contribution is 5.93. The lowest BCUT2D eigenvalue weighted by molar-refractivity contribution is 0.508. The van der Waals surface area contributed by atoms with Crippen molar-refractivity contribution in [3.05, 3.63) is 78.5 Å². The van der Waals surface area contributed by atoms with Crippen LogP contribution in [0.3, 0.4) is 0 Å². The maximum Gasteiger partial charge on any atom is 0.144 e. The van der Waals surface area contributed by atoms with E-state index < -0.39 is 0 Å². The van der Waals surface area contributed by atoms with Crippen LogP contribution in [0.2, 0.25) is 0 Å². The molecule has 0 aliphatic rings. The van der Waals surface area contributed by atoms with Crippen molar-refractivity contribution in [2.24, 2.45) is 0 Å². The maximum absolute atomic E-state index is 6.02. The van der Waals surface area contributed by atoms with Gasteiger partial charge in [0.2, 0.25) is 0 Å². The molecule has 2 heteroatoms. The van der Waals surface area contributed by atoms with E-state index in [0.29, 0.717) is 5.76 Å². The summed E-state index contributed by atoms with van der Waals surface area (Å²) in [4.78, 5) is 3.38. The molecule has 2 nitrogen and oxygen atoms in total. The Bertz CT molecular complexity index is 842. The Hall–Kier alpha value is -2.74. The Labute approximate surface area is 130 Å². The van der Waals surface area contributed by atoms with Crippen molar-refractivity contribution >= 4 is 22.7 Å². The fraction of sp³-hybridized carbons (Fsp3) is 0.100. The molecule has 0 spiro atoms. The summed E-state index contributed by atoms with van der Waals surface area (Å²) in [5.41, 5.74) is 4.12. The number of benzene rings is 2. The first kappa shape index (κ1) is 14.2. The van der Waals surface area contributed by atoms with Crippen LogP contribution in [0.15, 0.2) is 61.7 Å². The molecule has 3 rings (SSSR count). The molecule has 0 saturated heterocycles. The van der Waals surface area contributed by atoms with E-state index in [1.54, 1.807) is 0 Å². The van der Waals surface area contributed by atoms with Gasteiger partial charge in [0.1, 0.15) is 11.5 Å². The van der Waals surface area contributed by atoms with Crippen LogP contribution in [-0.4, -0.2) is 4.98 Å². The molecule has 1 heterocycles. The highest BCUT2D eigenvalue weighted by atomic mass is 16.5. The minimum absolute atomic E-state index is 0.604. The Balaban J connectivity index is 2.00. The van der Waals surface area contributed by atoms with E-state index >= 15 is 0 Å². The number of hydrogen-bond donors (Lipinski definition) is 1. The number of nitrogens with one attached hydrogen (secondary N) is 1. The van der Waals surface area contributed by atoms with Gasteiger partial charge in [0.15, 0.2) is 0 Å². The molecule has 1 aromatic heterocycles. The van der Waals surface area contributed by atoms with Crippen LogP contribution in [0.5, 0.6) is 5.75 Å². The highest BCUT2D eigenvalue weighted by Crippen LogP contribution is 2.30. The largest absolute Gasteiger partial charge is 0.456 e. The lowest BCUT2D eigenvalue weighted by Gasteiger charge is -2.12. The van der Waals surface area contributed by atoms with Crippen molar-refractivity contribution in [2.45, 2.75) is 13.3 Å². The first-order chi connectivity index (χ1) is 10.7. The minimum Gasteiger partial charge on any atom is -0.456 e. The molecule has 110 valence electrons. The van der Waals surface area contributed by atoms with E-state index in [2.05, 4.69) is 37.2 Å². The van der Waals surface area contributed by atoms with Crippen LogP contribution in [0.25, 0.3) is 22.7 Å². The molecule has 22 heavy (non-hydrogen) atoms. The summed E-state index contributed by atoms with van der Waals surface area (Å²) in [7, 11) is 0. The summed E-state index contributed by atoms with van der Waals surface area (Å²) in [6.45, 7) is 10.1. The zero-order valence-corrected chi connectivity index (χ0v) is 12.7. The summed E-state index contributed by atoms with van der Waals surface area (Å²) < 4.78 is 6.02. The van der Waals surface area contributed by atoms with Crippen molar-refractivity contribution in [1.82, 2.24) is 4.98 Å². The zero-order chi connectivity index (χ0) is 15.5. The number of hydrogen-bond acceptors (Lipinski definition) is 1. The van der Waals surface area contributed by atoms with E-state index in [4.69, 9.17) is 4.74 Å². The molecule has 1 N–H and O–H groups in total. The number of para-hydroxylation sites is 2. The number of rotatable bonds is 5. The Morgan fingerprint density at radius 3 is 2.64 bits per heavy atom. The van der Waals surface area contributed by atoms with Gasteiger partial charge in [-0.3, -0.25) is 0 Å². The lowest BCUT2D eigenvalue weighted by atomic mass is 10.1. The molecule has 0 bridgehead atoms. The predicted octanol–water partition coefficient (Wildman–Crippen LogP) is 5.42. The van der Waals surface area contributed by atoms with E-state index in [9.17, 15) is 0 Å². The first-order valence-corrected chi connectivity index (χ1v) is 7.42. The van der Waals surface area contributed by atoms with Gasteiger partial charge in [0.05, 0.1) is 5.69 Å². The smallest absolute Gasteiger partial charge is 0.144 e. The summed E-state index contributed by atoms with van der Waals surface area (Å²) in [6, 6.07) is 16.2. The molecule has 3 aromatic rings. The number of fused-ring (bicyclic) bond motifs is 1. The number of aryl methyl sites for hydroxylation is 1. The van der Waals surface area contributed by atoms with E-state index in [0.717, 1.165) is 34.3 Å². The molecule has 0 aliphatic heterocycles. The number of aromatic amines is 1. The van der Waals surface area contributed by atoms with Gasteiger partial charge >= 0.3 is 0 Å².